The molecule has 0 bridgehead atoms. The molecule has 9 nitrogen and oxygen atoms in total. The maximum absolute atomic E-state index is 12.2. The van der Waals surface area contributed by atoms with E-state index < -0.39 is 10.0 Å². The Morgan fingerprint density at radius 1 is 1.17 bits per heavy atom. The van der Waals surface area contributed by atoms with E-state index in [4.69, 9.17) is 4.52 Å². The van der Waals surface area contributed by atoms with Crippen LogP contribution in [0.1, 0.15) is 25.2 Å². The van der Waals surface area contributed by atoms with Crippen molar-refractivity contribution in [3.63, 3.8) is 0 Å². The Balaban J connectivity index is 1.76. The Morgan fingerprint density at radius 3 is 2.55 bits per heavy atom. The monoisotopic (exact) mass is 440 g/mol. The molecule has 2 rings (SSSR count). The minimum atomic E-state index is -3.59. The van der Waals surface area contributed by atoms with Crippen molar-refractivity contribution in [3.8, 4) is 0 Å². The number of rotatable bonds is 10. The molecule has 1 aromatic heterocycles. The summed E-state index contributed by atoms with van der Waals surface area (Å²) < 4.78 is 31.8. The Bertz CT molecular complexity index is 957. The van der Waals surface area contributed by atoms with E-state index in [-0.39, 0.29) is 40.8 Å². The third-order valence-corrected chi connectivity index (χ3v) is 6.04. The van der Waals surface area contributed by atoms with E-state index in [1.807, 2.05) is 0 Å². The van der Waals surface area contributed by atoms with Crippen molar-refractivity contribution in [2.75, 3.05) is 16.8 Å². The highest BCUT2D eigenvalue weighted by Gasteiger charge is 2.15. The first-order valence-electron chi connectivity index (χ1n) is 8.84. The summed E-state index contributed by atoms with van der Waals surface area (Å²) in [6.07, 6.45) is 0. The zero-order chi connectivity index (χ0) is 21.4. The zero-order valence-corrected chi connectivity index (χ0v) is 18.0. The van der Waals surface area contributed by atoms with Gasteiger partial charge in [0.1, 0.15) is 5.76 Å². The molecule has 0 spiro atoms. The Labute approximate surface area is 174 Å². The lowest BCUT2D eigenvalue weighted by Gasteiger charge is -2.11. The summed E-state index contributed by atoms with van der Waals surface area (Å²) in [5, 5.41) is 8.94. The molecule has 0 unspecified atom stereocenters. The molecule has 1 aromatic carbocycles. The van der Waals surface area contributed by atoms with Crippen LogP contribution in [0, 0.1) is 6.92 Å². The largest absolute Gasteiger partial charge is 0.360 e. The number of aryl methyl sites for hydroxylation is 1. The first-order chi connectivity index (χ1) is 13.7. The van der Waals surface area contributed by atoms with Gasteiger partial charge >= 0.3 is 0 Å². The van der Waals surface area contributed by atoms with Gasteiger partial charge in [0.05, 0.1) is 16.4 Å². The van der Waals surface area contributed by atoms with Gasteiger partial charge in [-0.1, -0.05) is 17.3 Å². The summed E-state index contributed by atoms with van der Waals surface area (Å²) in [7, 11) is -3.59. The van der Waals surface area contributed by atoms with Crippen molar-refractivity contribution in [2.24, 2.45) is 0 Å². The van der Waals surface area contributed by atoms with Gasteiger partial charge in [0, 0.05) is 18.7 Å². The third-order valence-electron chi connectivity index (χ3n) is 3.45. The summed E-state index contributed by atoms with van der Waals surface area (Å²) in [6, 6.07) is 7.76. The van der Waals surface area contributed by atoms with E-state index in [2.05, 4.69) is 20.5 Å². The molecular formula is C18H24N4O5S2. The Hall–Kier alpha value is -2.37. The Morgan fingerprint density at radius 2 is 1.90 bits per heavy atom. The fourth-order valence-electron chi connectivity index (χ4n) is 2.29. The van der Waals surface area contributed by atoms with E-state index in [1.54, 1.807) is 39.0 Å². The molecule has 3 N–H and O–H groups in total. The quantitative estimate of drug-likeness (QED) is 0.512. The number of benzene rings is 1. The van der Waals surface area contributed by atoms with E-state index in [9.17, 15) is 18.0 Å². The predicted molar refractivity (Wildman–Crippen MR) is 111 cm³/mol. The van der Waals surface area contributed by atoms with Gasteiger partial charge in [0.15, 0.2) is 5.82 Å². The number of hydrogen-bond donors (Lipinski definition) is 3. The molecule has 0 fully saturated rings. The summed E-state index contributed by atoms with van der Waals surface area (Å²) in [5.74, 6) is 0.565. The lowest BCUT2D eigenvalue weighted by atomic mass is 10.2. The van der Waals surface area contributed by atoms with Crippen molar-refractivity contribution < 1.29 is 22.5 Å². The molecule has 0 aliphatic carbocycles. The zero-order valence-electron chi connectivity index (χ0n) is 16.4. The lowest BCUT2D eigenvalue weighted by Crippen LogP contribution is -2.30. The van der Waals surface area contributed by atoms with Gasteiger partial charge in [-0.25, -0.2) is 13.1 Å². The van der Waals surface area contributed by atoms with Crippen LogP contribution < -0.4 is 15.4 Å². The van der Waals surface area contributed by atoms with Crippen LogP contribution in [0.4, 0.5) is 5.82 Å². The lowest BCUT2D eigenvalue weighted by molar-refractivity contribution is -0.118. The topological polar surface area (TPSA) is 130 Å². The molecule has 0 atom stereocenters. The second-order valence-corrected chi connectivity index (χ2v) is 9.26. The van der Waals surface area contributed by atoms with Crippen LogP contribution in [-0.4, -0.2) is 42.9 Å². The van der Waals surface area contributed by atoms with Gasteiger partial charge in [0.25, 0.3) is 0 Å². The standard InChI is InChI=1S/C18H24N4O5S2/c1-12(2)22-29(25,26)15-6-4-5-14(8-15)9-19-17(23)10-28-11-18(24)20-16-7-13(3)27-21-16/h4-8,12,22H,9-11H2,1-3H3,(H,19,23)(H,20,21,24). The minimum absolute atomic E-state index is 0.0912. The SMILES string of the molecule is Cc1cc(NC(=O)CSCC(=O)NCc2cccc(S(=O)(=O)NC(C)C)c2)no1. The second kappa shape index (κ2) is 10.4. The van der Waals surface area contributed by atoms with Crippen molar-refractivity contribution in [2.45, 2.75) is 38.3 Å². The highest BCUT2D eigenvalue weighted by molar-refractivity contribution is 8.00. The predicted octanol–water partition coefficient (Wildman–Crippen LogP) is 1.66. The van der Waals surface area contributed by atoms with E-state index in [0.29, 0.717) is 17.1 Å². The molecule has 0 saturated carbocycles. The highest BCUT2D eigenvalue weighted by atomic mass is 32.2. The van der Waals surface area contributed by atoms with Gasteiger partial charge in [-0.05, 0) is 38.5 Å². The molecule has 1 heterocycles. The highest BCUT2D eigenvalue weighted by Crippen LogP contribution is 2.12. The van der Waals surface area contributed by atoms with Gasteiger partial charge < -0.3 is 15.2 Å². The van der Waals surface area contributed by atoms with E-state index in [1.165, 1.54) is 12.1 Å². The number of carbonyl (C=O) groups excluding carboxylic acids is 2. The van der Waals surface area contributed by atoms with Crippen LogP contribution in [0.15, 0.2) is 39.8 Å². The summed E-state index contributed by atoms with van der Waals surface area (Å²) in [4.78, 5) is 23.9. The van der Waals surface area contributed by atoms with Gasteiger partial charge in [-0.2, -0.15) is 0 Å². The van der Waals surface area contributed by atoms with Crippen LogP contribution >= 0.6 is 11.8 Å². The second-order valence-electron chi connectivity index (χ2n) is 6.56. The van der Waals surface area contributed by atoms with Crippen molar-refractivity contribution >= 4 is 39.4 Å². The molecule has 2 aromatic rings. The number of hydrogen-bond acceptors (Lipinski definition) is 7. The summed E-state index contributed by atoms with van der Waals surface area (Å²) in [5.41, 5.74) is 0.661. The molecule has 29 heavy (non-hydrogen) atoms. The number of aromatic nitrogens is 1. The fraction of sp³-hybridized carbons (Fsp3) is 0.389. The summed E-state index contributed by atoms with van der Waals surface area (Å²) in [6.45, 7) is 5.39. The number of nitrogens with one attached hydrogen (secondary N) is 3. The van der Waals surface area contributed by atoms with Gasteiger partial charge in [-0.3, -0.25) is 9.59 Å². The Kier molecular flexibility index (Phi) is 8.23. The first kappa shape index (κ1) is 22.9. The number of thioether (sulfide) groups is 1. The number of nitrogens with zero attached hydrogens (tertiary/aromatic N) is 1. The van der Waals surface area contributed by atoms with Crippen molar-refractivity contribution in [1.29, 1.82) is 0 Å². The van der Waals surface area contributed by atoms with Gasteiger partial charge in [0.2, 0.25) is 21.8 Å². The first-order valence-corrected chi connectivity index (χ1v) is 11.5. The number of amides is 2. The molecule has 158 valence electrons. The maximum Gasteiger partial charge on any atom is 0.240 e. The average molecular weight is 441 g/mol. The van der Waals surface area contributed by atoms with Crippen LogP contribution in [0.5, 0.6) is 0 Å². The maximum atomic E-state index is 12.2. The molecule has 2 amide bonds. The number of anilines is 1. The smallest absolute Gasteiger partial charge is 0.240 e. The van der Waals surface area contributed by atoms with Crippen LogP contribution in [-0.2, 0) is 26.2 Å². The molecule has 0 saturated heterocycles. The van der Waals surface area contributed by atoms with Gasteiger partial charge in [-0.15, -0.1) is 11.8 Å². The van der Waals surface area contributed by atoms with Crippen molar-refractivity contribution in [3.05, 3.63) is 41.7 Å². The summed E-state index contributed by atoms with van der Waals surface area (Å²) >= 11 is 1.16. The molecule has 0 aliphatic heterocycles. The fourth-order valence-corrected chi connectivity index (χ4v) is 4.26. The molecule has 0 radical (unpaired) electrons. The normalized spacial score (nSPS) is 11.4. The average Bonchev–Trinajstić information content (AvgIpc) is 3.04. The number of carbonyl (C=O) groups is 2. The minimum Gasteiger partial charge on any atom is -0.360 e. The van der Waals surface area contributed by atoms with Crippen LogP contribution in [0.3, 0.4) is 0 Å². The van der Waals surface area contributed by atoms with E-state index >= 15 is 0 Å². The van der Waals surface area contributed by atoms with Crippen LogP contribution in [0.2, 0.25) is 0 Å². The molecule has 11 heteroatoms. The van der Waals surface area contributed by atoms with Crippen molar-refractivity contribution in [1.82, 2.24) is 15.2 Å². The third kappa shape index (κ3) is 7.87. The molecular weight excluding hydrogens is 416 g/mol. The number of sulfonamides is 1. The van der Waals surface area contributed by atoms with Crippen LogP contribution in [0.25, 0.3) is 0 Å². The van der Waals surface area contributed by atoms with E-state index in [0.717, 1.165) is 11.8 Å². The molecule has 0 aliphatic rings.